The molecule has 0 amide bonds. The minimum atomic E-state index is -0.800. The van der Waals surface area contributed by atoms with Crippen molar-refractivity contribution in [3.8, 4) is 17.2 Å². The van der Waals surface area contributed by atoms with E-state index in [2.05, 4.69) is 0 Å². The summed E-state index contributed by atoms with van der Waals surface area (Å²) in [6.45, 7) is 1.95. The van der Waals surface area contributed by atoms with Crippen LogP contribution in [-0.4, -0.2) is 58.0 Å². The summed E-state index contributed by atoms with van der Waals surface area (Å²) in [4.78, 5) is 25.7. The monoisotopic (exact) mass is 424 g/mol. The molecule has 29 heavy (non-hydrogen) atoms. The molecule has 0 saturated carbocycles. The first kappa shape index (κ1) is 23.1. The van der Waals surface area contributed by atoms with Crippen LogP contribution in [0.15, 0.2) is 23.3 Å². The van der Waals surface area contributed by atoms with E-state index in [0.717, 1.165) is 0 Å². The van der Waals surface area contributed by atoms with Crippen molar-refractivity contribution in [2.75, 3.05) is 35.5 Å². The summed E-state index contributed by atoms with van der Waals surface area (Å²) >= 11 is 1.37. The molecule has 1 aliphatic rings. The van der Waals surface area contributed by atoms with Crippen molar-refractivity contribution in [2.24, 2.45) is 0 Å². The Hall–Kier alpha value is -2.19. The van der Waals surface area contributed by atoms with Crippen LogP contribution in [0.3, 0.4) is 0 Å². The van der Waals surface area contributed by atoms with Crippen LogP contribution in [-0.2, 0) is 14.3 Å². The molecule has 8 heteroatoms. The Kier molecular flexibility index (Phi) is 7.98. The highest BCUT2D eigenvalue weighted by atomic mass is 32.2. The van der Waals surface area contributed by atoms with Crippen LogP contribution in [0.2, 0.25) is 0 Å². The van der Waals surface area contributed by atoms with E-state index in [1.807, 2.05) is 12.3 Å². The Labute approximate surface area is 175 Å². The highest BCUT2D eigenvalue weighted by Gasteiger charge is 2.50. The number of ether oxygens (including phenoxy) is 5. The smallest absolute Gasteiger partial charge is 0.203 e. The summed E-state index contributed by atoms with van der Waals surface area (Å²) in [6.07, 6.45) is 0.761. The normalized spacial score (nSPS) is 20.8. The van der Waals surface area contributed by atoms with Crippen LogP contribution < -0.4 is 14.2 Å². The summed E-state index contributed by atoms with van der Waals surface area (Å²) in [5, 5.41) is 1.37. The van der Waals surface area contributed by atoms with Gasteiger partial charge in [0.05, 0.1) is 28.4 Å². The maximum absolute atomic E-state index is 12.9. The van der Waals surface area contributed by atoms with Crippen molar-refractivity contribution in [3.05, 3.63) is 28.9 Å². The second-order valence-corrected chi connectivity index (χ2v) is 7.43. The van der Waals surface area contributed by atoms with Crippen molar-refractivity contribution in [1.82, 2.24) is 0 Å². The zero-order valence-electron chi connectivity index (χ0n) is 17.7. The minimum absolute atomic E-state index is 0.0530. The minimum Gasteiger partial charge on any atom is -0.497 e. The first-order chi connectivity index (χ1) is 13.9. The van der Waals surface area contributed by atoms with E-state index in [4.69, 9.17) is 23.7 Å². The van der Waals surface area contributed by atoms with Gasteiger partial charge in [-0.15, -0.1) is 11.8 Å². The Balaban J connectivity index is 2.14. The summed E-state index contributed by atoms with van der Waals surface area (Å²) in [7, 11) is 7.61. The molecule has 0 N–H and O–H groups in total. The number of carbonyl (C=O) groups excluding carboxylic acids is 2. The maximum Gasteiger partial charge on any atom is 0.203 e. The predicted molar refractivity (Wildman–Crippen MR) is 111 cm³/mol. The van der Waals surface area contributed by atoms with Crippen LogP contribution in [0.25, 0.3) is 0 Å². The average Bonchev–Trinajstić information content (AvgIpc) is 3.14. The number of hydrogen-bond acceptors (Lipinski definition) is 8. The molecule has 0 radical (unpaired) electrons. The van der Waals surface area contributed by atoms with Crippen LogP contribution in [0, 0.1) is 0 Å². The molecule has 0 aromatic heterocycles. The highest BCUT2D eigenvalue weighted by Crippen LogP contribution is 2.45. The lowest BCUT2D eigenvalue weighted by Crippen LogP contribution is -2.45. The van der Waals surface area contributed by atoms with Crippen LogP contribution >= 0.6 is 11.8 Å². The van der Waals surface area contributed by atoms with Gasteiger partial charge in [-0.25, -0.2) is 0 Å². The molecule has 160 valence electrons. The zero-order valence-corrected chi connectivity index (χ0v) is 18.5. The summed E-state index contributed by atoms with van der Waals surface area (Å²) in [5.41, 5.74) is -0.401. The van der Waals surface area contributed by atoms with Crippen molar-refractivity contribution in [3.63, 3.8) is 0 Å². The molecule has 0 spiro atoms. The molecule has 1 heterocycles. The molecule has 0 aliphatic carbocycles. The molecular weight excluding hydrogens is 396 g/mol. The fourth-order valence-electron chi connectivity index (χ4n) is 3.49. The lowest BCUT2D eigenvalue weighted by molar-refractivity contribution is -0.124. The third-order valence-corrected chi connectivity index (χ3v) is 6.40. The van der Waals surface area contributed by atoms with E-state index < -0.39 is 10.9 Å². The number of benzene rings is 1. The SMILES string of the molecule is CCC1(OC)C(OC)=CSC1C(=O)CCC(=O)c1cc(OC)c(OC)c(OC)c1. The van der Waals surface area contributed by atoms with Gasteiger partial charge >= 0.3 is 0 Å². The standard InChI is InChI=1S/C21H28O7S/c1-7-21(28-6)18(26-4)12-29-20(21)15(23)9-8-14(22)13-10-16(24-2)19(27-5)17(11-13)25-3/h10-12,20H,7-9H2,1-6H3. The lowest BCUT2D eigenvalue weighted by Gasteiger charge is -2.33. The average molecular weight is 425 g/mol. The molecule has 0 bridgehead atoms. The van der Waals surface area contributed by atoms with E-state index in [1.165, 1.54) is 33.1 Å². The van der Waals surface area contributed by atoms with E-state index in [1.54, 1.807) is 26.4 Å². The van der Waals surface area contributed by atoms with Gasteiger partial charge in [0, 0.05) is 30.9 Å². The van der Waals surface area contributed by atoms with Crippen molar-refractivity contribution in [1.29, 1.82) is 0 Å². The van der Waals surface area contributed by atoms with Crippen molar-refractivity contribution >= 4 is 23.3 Å². The fraction of sp³-hybridized carbons (Fsp3) is 0.524. The highest BCUT2D eigenvalue weighted by molar-refractivity contribution is 8.03. The van der Waals surface area contributed by atoms with E-state index in [-0.39, 0.29) is 24.4 Å². The number of hydrogen-bond donors (Lipinski definition) is 0. The van der Waals surface area contributed by atoms with Gasteiger partial charge in [0.25, 0.3) is 0 Å². The Morgan fingerprint density at radius 2 is 1.59 bits per heavy atom. The maximum atomic E-state index is 12.9. The topological polar surface area (TPSA) is 80.3 Å². The number of Topliss-reactive ketones (excluding diaryl/α,β-unsaturated/α-hetero) is 2. The molecule has 2 rings (SSSR count). The molecule has 1 aromatic carbocycles. The molecule has 2 unspecified atom stereocenters. The van der Waals surface area contributed by atoms with E-state index in [0.29, 0.717) is 35.0 Å². The second-order valence-electron chi connectivity index (χ2n) is 6.45. The van der Waals surface area contributed by atoms with Gasteiger partial charge in [0.2, 0.25) is 5.75 Å². The Morgan fingerprint density at radius 3 is 2.03 bits per heavy atom. The summed E-state index contributed by atoms with van der Waals surface area (Å²) in [5.74, 6) is 1.61. The van der Waals surface area contributed by atoms with Crippen LogP contribution in [0.5, 0.6) is 17.2 Å². The van der Waals surface area contributed by atoms with E-state index >= 15 is 0 Å². The molecule has 0 fully saturated rings. The number of thioether (sulfide) groups is 1. The Morgan fingerprint density at radius 1 is 0.966 bits per heavy atom. The van der Waals surface area contributed by atoms with Gasteiger partial charge in [0.1, 0.15) is 22.4 Å². The number of rotatable bonds is 11. The number of methoxy groups -OCH3 is 5. The van der Waals surface area contributed by atoms with Crippen molar-refractivity contribution < 1.29 is 33.3 Å². The second kappa shape index (κ2) is 10.0. The number of ketones is 2. The molecule has 2 atom stereocenters. The fourth-order valence-corrected chi connectivity index (χ4v) is 4.92. The molecular formula is C21H28O7S. The quantitative estimate of drug-likeness (QED) is 0.498. The lowest BCUT2D eigenvalue weighted by atomic mass is 9.89. The van der Waals surface area contributed by atoms with Gasteiger partial charge in [-0.3, -0.25) is 9.59 Å². The van der Waals surface area contributed by atoms with Crippen LogP contribution in [0.4, 0.5) is 0 Å². The third-order valence-electron chi connectivity index (χ3n) is 5.14. The first-order valence-electron chi connectivity index (χ1n) is 9.23. The van der Waals surface area contributed by atoms with Crippen molar-refractivity contribution in [2.45, 2.75) is 37.0 Å². The van der Waals surface area contributed by atoms with E-state index in [9.17, 15) is 9.59 Å². The summed E-state index contributed by atoms with van der Waals surface area (Å²) in [6, 6.07) is 3.18. The third kappa shape index (κ3) is 4.38. The number of carbonyl (C=O) groups is 2. The van der Waals surface area contributed by atoms with Gasteiger partial charge in [-0.05, 0) is 18.6 Å². The predicted octanol–water partition coefficient (Wildman–Crippen LogP) is 3.64. The zero-order chi connectivity index (χ0) is 21.6. The van der Waals surface area contributed by atoms with Gasteiger partial charge in [-0.1, -0.05) is 6.92 Å². The molecule has 1 aliphatic heterocycles. The first-order valence-corrected chi connectivity index (χ1v) is 10.2. The van der Waals surface area contributed by atoms with Gasteiger partial charge in [0.15, 0.2) is 17.3 Å². The summed E-state index contributed by atoms with van der Waals surface area (Å²) < 4.78 is 27.0. The van der Waals surface area contributed by atoms with Gasteiger partial charge < -0.3 is 23.7 Å². The Bertz CT molecular complexity index is 758. The largest absolute Gasteiger partial charge is 0.497 e. The molecule has 1 aromatic rings. The molecule has 7 nitrogen and oxygen atoms in total. The molecule has 0 saturated heterocycles. The van der Waals surface area contributed by atoms with Gasteiger partial charge in [-0.2, -0.15) is 0 Å². The van der Waals surface area contributed by atoms with Crippen LogP contribution in [0.1, 0.15) is 36.5 Å².